The normalized spacial score (nSPS) is 20.8. The van der Waals surface area contributed by atoms with Crippen molar-refractivity contribution in [3.8, 4) is 11.3 Å². The van der Waals surface area contributed by atoms with Gasteiger partial charge in [-0.2, -0.15) is 15.2 Å². The van der Waals surface area contributed by atoms with Crippen molar-refractivity contribution in [3.05, 3.63) is 54.0 Å². The molecule has 35 heavy (non-hydrogen) atoms. The van der Waals surface area contributed by atoms with Gasteiger partial charge in [0.25, 0.3) is 0 Å². The monoisotopic (exact) mass is 479 g/mol. The summed E-state index contributed by atoms with van der Waals surface area (Å²) in [6.45, 7) is 7.14. The Morgan fingerprint density at radius 2 is 1.91 bits per heavy atom. The van der Waals surface area contributed by atoms with E-state index in [-0.39, 0.29) is 23.8 Å². The number of halogens is 2. The number of fused-ring (bicyclic) bond motifs is 1. The molecule has 4 heterocycles. The molecule has 0 amide bonds. The van der Waals surface area contributed by atoms with Gasteiger partial charge in [0, 0.05) is 42.2 Å². The van der Waals surface area contributed by atoms with Crippen molar-refractivity contribution < 1.29 is 13.5 Å². The maximum absolute atomic E-state index is 14.9. The Balaban J connectivity index is 1.41. The van der Waals surface area contributed by atoms with Gasteiger partial charge < -0.3 is 9.64 Å². The first-order valence-corrected chi connectivity index (χ1v) is 12.0. The van der Waals surface area contributed by atoms with E-state index in [0.717, 1.165) is 24.5 Å². The second kappa shape index (κ2) is 8.37. The number of hydrogen-bond donors (Lipinski definition) is 0. The molecule has 4 aromatic rings. The third-order valence-corrected chi connectivity index (χ3v) is 6.56. The van der Waals surface area contributed by atoms with Crippen LogP contribution in [-0.4, -0.2) is 48.7 Å². The van der Waals surface area contributed by atoms with Crippen LogP contribution in [0.1, 0.15) is 57.4 Å². The largest absolute Gasteiger partial charge is 0.367 e. The van der Waals surface area contributed by atoms with Crippen LogP contribution in [0.4, 0.5) is 14.7 Å². The Morgan fingerprint density at radius 3 is 2.66 bits per heavy atom. The fourth-order valence-corrected chi connectivity index (χ4v) is 4.56. The van der Waals surface area contributed by atoms with Crippen LogP contribution in [0.15, 0.2) is 36.8 Å². The zero-order valence-electron chi connectivity index (χ0n) is 19.9. The summed E-state index contributed by atoms with van der Waals surface area (Å²) in [5.74, 6) is -0.861. The van der Waals surface area contributed by atoms with E-state index in [2.05, 4.69) is 16.4 Å². The Morgan fingerprint density at radius 1 is 1.09 bits per heavy atom. The lowest BCUT2D eigenvalue weighted by atomic mass is 10.1. The van der Waals surface area contributed by atoms with Crippen LogP contribution >= 0.6 is 0 Å². The molecule has 0 N–H and O–H groups in total. The van der Waals surface area contributed by atoms with Gasteiger partial charge in [0.05, 0.1) is 36.0 Å². The number of anilines is 1. The van der Waals surface area contributed by atoms with Crippen molar-refractivity contribution in [3.63, 3.8) is 0 Å². The molecule has 2 atom stereocenters. The van der Waals surface area contributed by atoms with Crippen LogP contribution in [0, 0.1) is 11.6 Å². The highest BCUT2D eigenvalue weighted by molar-refractivity contribution is 5.91. The number of benzene rings is 1. The summed E-state index contributed by atoms with van der Waals surface area (Å²) < 4.78 is 38.5. The first-order chi connectivity index (χ1) is 16.9. The molecule has 1 aromatic carbocycles. The molecule has 1 saturated heterocycles. The predicted octanol–water partition coefficient (Wildman–Crippen LogP) is 4.85. The molecule has 0 radical (unpaired) electrons. The number of morpholine rings is 1. The van der Waals surface area contributed by atoms with Gasteiger partial charge in [-0.05, 0) is 45.7 Å². The summed E-state index contributed by atoms with van der Waals surface area (Å²) in [4.78, 5) is 11.6. The van der Waals surface area contributed by atoms with Gasteiger partial charge in [-0.25, -0.2) is 13.8 Å². The van der Waals surface area contributed by atoms with Crippen molar-refractivity contribution in [2.75, 3.05) is 18.0 Å². The quantitative estimate of drug-likeness (QED) is 0.407. The molecular formula is C25H27F2N7O. The van der Waals surface area contributed by atoms with Crippen molar-refractivity contribution in [2.24, 2.45) is 0 Å². The third-order valence-electron chi connectivity index (χ3n) is 6.56. The maximum atomic E-state index is 14.9. The summed E-state index contributed by atoms with van der Waals surface area (Å²) >= 11 is 0. The fraction of sp³-hybridized carbons (Fsp3) is 0.440. The van der Waals surface area contributed by atoms with Gasteiger partial charge in [-0.1, -0.05) is 0 Å². The zero-order valence-corrected chi connectivity index (χ0v) is 19.9. The average molecular weight is 480 g/mol. The summed E-state index contributed by atoms with van der Waals surface area (Å²) in [6.07, 6.45) is 7.81. The molecule has 2 fully saturated rings. The smallest absolute Gasteiger partial charge is 0.228 e. The van der Waals surface area contributed by atoms with Crippen LogP contribution in [0.25, 0.3) is 22.3 Å². The highest BCUT2D eigenvalue weighted by Gasteiger charge is 2.32. The summed E-state index contributed by atoms with van der Waals surface area (Å²) in [5.41, 5.74) is 2.10. The van der Waals surface area contributed by atoms with E-state index in [9.17, 15) is 8.78 Å². The van der Waals surface area contributed by atoms with Crippen LogP contribution in [0.5, 0.6) is 0 Å². The highest BCUT2D eigenvalue weighted by atomic mass is 19.1. The van der Waals surface area contributed by atoms with Gasteiger partial charge in [0.1, 0.15) is 17.7 Å². The molecule has 2 aliphatic rings. The third kappa shape index (κ3) is 4.16. The van der Waals surface area contributed by atoms with E-state index in [4.69, 9.17) is 14.7 Å². The Labute approximate surface area is 201 Å². The SMILES string of the molecule is CC(C)n1cc2c(-c3ccc(F)cc3F)nc(N3C[C@@H](C)O[C@@H](c4cnn(C5CC5)c4)C3)nc2n1. The zero-order chi connectivity index (χ0) is 24.3. The molecule has 10 heteroatoms. The van der Waals surface area contributed by atoms with E-state index in [0.29, 0.717) is 41.8 Å². The lowest BCUT2D eigenvalue weighted by molar-refractivity contribution is -0.0178. The number of nitrogens with zero attached hydrogens (tertiary/aromatic N) is 7. The minimum atomic E-state index is -0.672. The molecule has 0 bridgehead atoms. The van der Waals surface area contributed by atoms with Crippen molar-refractivity contribution in [1.29, 1.82) is 0 Å². The van der Waals surface area contributed by atoms with E-state index in [1.807, 2.05) is 42.7 Å². The van der Waals surface area contributed by atoms with E-state index < -0.39 is 11.6 Å². The summed E-state index contributed by atoms with van der Waals surface area (Å²) in [6, 6.07) is 4.12. The molecule has 1 aliphatic carbocycles. The molecule has 6 rings (SSSR count). The Kier molecular flexibility index (Phi) is 5.28. The first-order valence-electron chi connectivity index (χ1n) is 12.0. The van der Waals surface area contributed by atoms with Crippen LogP contribution in [-0.2, 0) is 4.74 Å². The first kappa shape index (κ1) is 22.1. The number of ether oxygens (including phenoxy) is 1. The molecule has 0 unspecified atom stereocenters. The van der Waals surface area contributed by atoms with Gasteiger partial charge >= 0.3 is 0 Å². The van der Waals surface area contributed by atoms with Crippen molar-refractivity contribution >= 4 is 17.0 Å². The van der Waals surface area contributed by atoms with Gasteiger partial charge in [-0.3, -0.25) is 9.36 Å². The lowest BCUT2D eigenvalue weighted by Crippen LogP contribution is -2.43. The highest BCUT2D eigenvalue weighted by Crippen LogP contribution is 2.36. The van der Waals surface area contributed by atoms with Gasteiger partial charge in [-0.15, -0.1) is 0 Å². The summed E-state index contributed by atoms with van der Waals surface area (Å²) in [5, 5.41) is 9.76. The standard InChI is InChI=1S/C25H27F2N7O/c1-14(2)33-12-20-23(19-7-4-17(26)8-21(19)27)29-25(30-24(20)31-33)32-10-15(3)35-22(13-32)16-9-28-34(11-16)18-5-6-18/h4,7-9,11-12,14-15,18,22H,5-6,10,13H2,1-3H3/t15-,22-/m1/s1. The molecule has 1 aliphatic heterocycles. The van der Waals surface area contributed by atoms with E-state index in [1.54, 1.807) is 4.68 Å². The lowest BCUT2D eigenvalue weighted by Gasteiger charge is -2.36. The average Bonchev–Trinajstić information content (AvgIpc) is 3.38. The van der Waals surface area contributed by atoms with E-state index in [1.165, 1.54) is 12.1 Å². The minimum absolute atomic E-state index is 0.0726. The summed E-state index contributed by atoms with van der Waals surface area (Å²) in [7, 11) is 0. The molecule has 182 valence electrons. The second-order valence-corrected chi connectivity index (χ2v) is 9.76. The molecule has 8 nitrogen and oxygen atoms in total. The van der Waals surface area contributed by atoms with Gasteiger partial charge in [0.2, 0.25) is 5.95 Å². The fourth-order valence-electron chi connectivity index (χ4n) is 4.56. The van der Waals surface area contributed by atoms with Crippen LogP contribution < -0.4 is 4.90 Å². The van der Waals surface area contributed by atoms with Crippen LogP contribution in [0.2, 0.25) is 0 Å². The Bertz CT molecular complexity index is 1390. The topological polar surface area (TPSA) is 73.9 Å². The number of hydrogen-bond acceptors (Lipinski definition) is 6. The predicted molar refractivity (Wildman–Crippen MR) is 127 cm³/mol. The maximum Gasteiger partial charge on any atom is 0.228 e. The van der Waals surface area contributed by atoms with Crippen LogP contribution in [0.3, 0.4) is 0 Å². The number of aromatic nitrogens is 6. The van der Waals surface area contributed by atoms with Crippen molar-refractivity contribution in [2.45, 2.75) is 57.9 Å². The molecule has 1 saturated carbocycles. The Hall–Kier alpha value is -3.40. The van der Waals surface area contributed by atoms with Gasteiger partial charge in [0.15, 0.2) is 5.65 Å². The van der Waals surface area contributed by atoms with Crippen molar-refractivity contribution in [1.82, 2.24) is 29.5 Å². The van der Waals surface area contributed by atoms with E-state index >= 15 is 0 Å². The molecule has 3 aromatic heterocycles. The molecule has 0 spiro atoms. The second-order valence-electron chi connectivity index (χ2n) is 9.76. The minimum Gasteiger partial charge on any atom is -0.367 e. The molecular weight excluding hydrogens is 452 g/mol. The number of rotatable bonds is 5.